The van der Waals surface area contributed by atoms with E-state index in [1.807, 2.05) is 0 Å². The summed E-state index contributed by atoms with van der Waals surface area (Å²) in [6.07, 6.45) is 6.44. The summed E-state index contributed by atoms with van der Waals surface area (Å²) in [5, 5.41) is 0. The van der Waals surface area contributed by atoms with Crippen molar-refractivity contribution in [3.05, 3.63) is 11.6 Å². The van der Waals surface area contributed by atoms with E-state index in [9.17, 15) is 0 Å². The lowest BCUT2D eigenvalue weighted by molar-refractivity contribution is 0.695. The third-order valence-electron chi connectivity index (χ3n) is 1.90. The summed E-state index contributed by atoms with van der Waals surface area (Å²) < 4.78 is 0. The lowest BCUT2D eigenvalue weighted by Crippen LogP contribution is -1.76. The van der Waals surface area contributed by atoms with Crippen LogP contribution in [0.3, 0.4) is 0 Å². The van der Waals surface area contributed by atoms with Gasteiger partial charge in [0.15, 0.2) is 0 Å². The summed E-state index contributed by atoms with van der Waals surface area (Å²) in [5.74, 6) is 0.866. The molecular weight excluding hydrogens is 96.1 g/mol. The first-order valence-electron chi connectivity index (χ1n) is 3.52. The predicted octanol–water partition coefficient (Wildman–Crippen LogP) is 2.75. The summed E-state index contributed by atoms with van der Waals surface area (Å²) in [4.78, 5) is 0. The minimum absolute atomic E-state index is 0.866. The van der Waals surface area contributed by atoms with Gasteiger partial charge < -0.3 is 0 Å². The molecule has 1 atom stereocenters. The first-order valence-corrected chi connectivity index (χ1v) is 3.52. The summed E-state index contributed by atoms with van der Waals surface area (Å²) in [7, 11) is 0. The largest absolute Gasteiger partial charge is 0.0825 e. The molecule has 0 saturated carbocycles. The van der Waals surface area contributed by atoms with Crippen molar-refractivity contribution in [2.24, 2.45) is 5.92 Å². The molecule has 1 aliphatic carbocycles. The van der Waals surface area contributed by atoms with Gasteiger partial charge >= 0.3 is 0 Å². The fraction of sp³-hybridized carbons (Fsp3) is 0.750. The Morgan fingerprint density at radius 1 is 1.75 bits per heavy atom. The monoisotopic (exact) mass is 110 g/mol. The summed E-state index contributed by atoms with van der Waals surface area (Å²) in [6, 6.07) is 0. The normalized spacial score (nSPS) is 28.2. The molecule has 0 nitrogen and oxygen atoms in total. The maximum absolute atomic E-state index is 2.42. The molecule has 0 bridgehead atoms. The molecule has 0 aromatic rings. The molecule has 0 N–H and O–H groups in total. The van der Waals surface area contributed by atoms with E-state index < -0.39 is 0 Å². The first kappa shape index (κ1) is 5.87. The van der Waals surface area contributed by atoms with Gasteiger partial charge in [-0.25, -0.2) is 0 Å². The molecule has 1 aliphatic rings. The standard InChI is InChI=1S/C8H14/c1-3-8-5-4-7(2)6-8/h6-7H,3-5H2,1-2H3. The predicted molar refractivity (Wildman–Crippen MR) is 36.8 cm³/mol. The SMILES string of the molecule is CCC1=CC(C)CC1. The van der Waals surface area contributed by atoms with Crippen LogP contribution in [0.5, 0.6) is 0 Å². The summed E-state index contributed by atoms with van der Waals surface area (Å²) >= 11 is 0. The van der Waals surface area contributed by atoms with E-state index in [2.05, 4.69) is 19.9 Å². The van der Waals surface area contributed by atoms with Crippen molar-refractivity contribution in [1.29, 1.82) is 0 Å². The molecule has 1 rings (SSSR count). The van der Waals surface area contributed by atoms with Crippen LogP contribution in [0.25, 0.3) is 0 Å². The van der Waals surface area contributed by atoms with E-state index in [0.29, 0.717) is 0 Å². The molecule has 0 spiro atoms. The number of rotatable bonds is 1. The third kappa shape index (κ3) is 1.12. The maximum atomic E-state index is 2.42. The molecule has 0 saturated heterocycles. The van der Waals surface area contributed by atoms with Gasteiger partial charge in [0.25, 0.3) is 0 Å². The van der Waals surface area contributed by atoms with Crippen molar-refractivity contribution in [1.82, 2.24) is 0 Å². The zero-order chi connectivity index (χ0) is 5.98. The Morgan fingerprint density at radius 3 is 2.75 bits per heavy atom. The van der Waals surface area contributed by atoms with Crippen molar-refractivity contribution in [2.75, 3.05) is 0 Å². The molecule has 1 unspecified atom stereocenters. The molecule has 0 aromatic carbocycles. The van der Waals surface area contributed by atoms with Crippen LogP contribution < -0.4 is 0 Å². The van der Waals surface area contributed by atoms with E-state index in [0.717, 1.165) is 5.92 Å². The van der Waals surface area contributed by atoms with Gasteiger partial charge in [-0.2, -0.15) is 0 Å². The fourth-order valence-electron chi connectivity index (χ4n) is 1.28. The van der Waals surface area contributed by atoms with E-state index in [-0.39, 0.29) is 0 Å². The number of hydrogen-bond donors (Lipinski definition) is 0. The Hall–Kier alpha value is -0.260. The van der Waals surface area contributed by atoms with E-state index in [1.165, 1.54) is 19.3 Å². The first-order chi connectivity index (χ1) is 3.83. The fourth-order valence-corrected chi connectivity index (χ4v) is 1.28. The van der Waals surface area contributed by atoms with Crippen LogP contribution in [-0.2, 0) is 0 Å². The summed E-state index contributed by atoms with van der Waals surface area (Å²) in [5.41, 5.74) is 1.66. The number of hydrogen-bond acceptors (Lipinski definition) is 0. The van der Waals surface area contributed by atoms with Crippen molar-refractivity contribution >= 4 is 0 Å². The van der Waals surface area contributed by atoms with Gasteiger partial charge in [-0.3, -0.25) is 0 Å². The van der Waals surface area contributed by atoms with Gasteiger partial charge in [0.05, 0.1) is 0 Å². The van der Waals surface area contributed by atoms with E-state index in [1.54, 1.807) is 5.57 Å². The Labute approximate surface area is 51.6 Å². The molecule has 0 aliphatic heterocycles. The topological polar surface area (TPSA) is 0 Å². The Morgan fingerprint density at radius 2 is 2.50 bits per heavy atom. The van der Waals surface area contributed by atoms with Crippen LogP contribution in [0, 0.1) is 5.92 Å². The zero-order valence-electron chi connectivity index (χ0n) is 5.78. The minimum atomic E-state index is 0.866. The molecule has 0 aromatic heterocycles. The van der Waals surface area contributed by atoms with E-state index >= 15 is 0 Å². The Bertz CT molecular complexity index is 101. The van der Waals surface area contributed by atoms with Gasteiger partial charge in [0.2, 0.25) is 0 Å². The third-order valence-corrected chi connectivity index (χ3v) is 1.90. The maximum Gasteiger partial charge on any atom is -0.0256 e. The minimum Gasteiger partial charge on any atom is -0.0825 e. The molecule has 8 heavy (non-hydrogen) atoms. The highest BCUT2D eigenvalue weighted by molar-refractivity contribution is 5.09. The lowest BCUT2D eigenvalue weighted by Gasteiger charge is -1.89. The molecule has 46 valence electrons. The second-order valence-electron chi connectivity index (χ2n) is 2.69. The molecule has 0 radical (unpaired) electrons. The highest BCUT2D eigenvalue weighted by Crippen LogP contribution is 2.24. The van der Waals surface area contributed by atoms with Gasteiger partial charge in [0.1, 0.15) is 0 Å². The van der Waals surface area contributed by atoms with Gasteiger partial charge in [-0.05, 0) is 25.2 Å². The summed E-state index contributed by atoms with van der Waals surface area (Å²) in [6.45, 7) is 4.53. The quantitative estimate of drug-likeness (QED) is 0.455. The highest BCUT2D eigenvalue weighted by atomic mass is 14.1. The van der Waals surface area contributed by atoms with Crippen LogP contribution >= 0.6 is 0 Å². The molecule has 0 heterocycles. The van der Waals surface area contributed by atoms with Crippen molar-refractivity contribution in [2.45, 2.75) is 33.1 Å². The average molecular weight is 110 g/mol. The average Bonchev–Trinajstić information content (AvgIpc) is 2.14. The van der Waals surface area contributed by atoms with Crippen LogP contribution in [0.2, 0.25) is 0 Å². The highest BCUT2D eigenvalue weighted by Gasteiger charge is 2.08. The van der Waals surface area contributed by atoms with Crippen molar-refractivity contribution < 1.29 is 0 Å². The Balaban J connectivity index is 2.44. The van der Waals surface area contributed by atoms with Crippen molar-refractivity contribution in [3.63, 3.8) is 0 Å². The molecule has 0 fully saturated rings. The van der Waals surface area contributed by atoms with Gasteiger partial charge in [0, 0.05) is 0 Å². The molecule has 0 heteroatoms. The number of allylic oxidation sites excluding steroid dienone is 2. The van der Waals surface area contributed by atoms with Crippen LogP contribution in [0.4, 0.5) is 0 Å². The molecule has 0 amide bonds. The van der Waals surface area contributed by atoms with Gasteiger partial charge in [-0.15, -0.1) is 0 Å². The second-order valence-corrected chi connectivity index (χ2v) is 2.69. The van der Waals surface area contributed by atoms with Crippen LogP contribution in [0.1, 0.15) is 33.1 Å². The smallest absolute Gasteiger partial charge is 0.0256 e. The lowest BCUT2D eigenvalue weighted by atomic mass is 10.2. The van der Waals surface area contributed by atoms with Crippen molar-refractivity contribution in [3.8, 4) is 0 Å². The molecular formula is C8H14. The Kier molecular flexibility index (Phi) is 1.72. The zero-order valence-corrected chi connectivity index (χ0v) is 5.78. The second kappa shape index (κ2) is 2.34. The van der Waals surface area contributed by atoms with Crippen LogP contribution in [-0.4, -0.2) is 0 Å². The van der Waals surface area contributed by atoms with Crippen LogP contribution in [0.15, 0.2) is 11.6 Å². The van der Waals surface area contributed by atoms with E-state index in [4.69, 9.17) is 0 Å². The van der Waals surface area contributed by atoms with Gasteiger partial charge in [-0.1, -0.05) is 25.5 Å².